The number of rotatable bonds is 4. The molecule has 1 aliphatic heterocycles. The Labute approximate surface area is 147 Å². The summed E-state index contributed by atoms with van der Waals surface area (Å²) in [6.07, 6.45) is 1.92. The number of para-hydroxylation sites is 1. The first-order chi connectivity index (χ1) is 12.0. The molecule has 0 amide bonds. The molecule has 2 aromatic carbocycles. The van der Waals surface area contributed by atoms with Crippen LogP contribution in [0.25, 0.3) is 5.57 Å². The molecule has 1 heterocycles. The first kappa shape index (κ1) is 17.2. The first-order valence-electron chi connectivity index (χ1n) is 8.51. The molecular formula is C21H22FNO2. The van der Waals surface area contributed by atoms with Crippen LogP contribution in [-0.2, 0) is 9.53 Å². The Morgan fingerprint density at radius 1 is 1.16 bits per heavy atom. The zero-order valence-corrected chi connectivity index (χ0v) is 14.7. The minimum atomic E-state index is -0.964. The molecule has 0 radical (unpaired) electrons. The van der Waals surface area contributed by atoms with E-state index in [1.807, 2.05) is 44.2 Å². The van der Waals surface area contributed by atoms with Gasteiger partial charge in [0.2, 0.25) is 0 Å². The van der Waals surface area contributed by atoms with Crippen molar-refractivity contribution in [3.63, 3.8) is 0 Å². The van der Waals surface area contributed by atoms with Crippen LogP contribution in [0.3, 0.4) is 0 Å². The fourth-order valence-electron chi connectivity index (χ4n) is 3.17. The van der Waals surface area contributed by atoms with E-state index >= 15 is 0 Å². The number of hydrogen-bond acceptors (Lipinski definition) is 3. The van der Waals surface area contributed by atoms with E-state index in [9.17, 15) is 9.18 Å². The lowest BCUT2D eigenvalue weighted by molar-refractivity contribution is -0.148. The summed E-state index contributed by atoms with van der Waals surface area (Å²) < 4.78 is 18.7. The Kier molecular flexibility index (Phi) is 4.62. The summed E-state index contributed by atoms with van der Waals surface area (Å²) in [7, 11) is 0. The lowest BCUT2D eigenvalue weighted by Gasteiger charge is -2.39. The van der Waals surface area contributed by atoms with Gasteiger partial charge in [0.25, 0.3) is 0 Å². The number of nitrogens with one attached hydrogen (secondary N) is 1. The molecule has 25 heavy (non-hydrogen) atoms. The van der Waals surface area contributed by atoms with Gasteiger partial charge in [-0.05, 0) is 48.3 Å². The van der Waals surface area contributed by atoms with Crippen molar-refractivity contribution in [3.05, 3.63) is 71.6 Å². The predicted molar refractivity (Wildman–Crippen MR) is 97.7 cm³/mol. The molecule has 0 aliphatic carbocycles. The summed E-state index contributed by atoms with van der Waals surface area (Å²) >= 11 is 0. The highest BCUT2D eigenvalue weighted by Crippen LogP contribution is 2.40. The van der Waals surface area contributed by atoms with E-state index in [4.69, 9.17) is 4.74 Å². The molecule has 130 valence electrons. The topological polar surface area (TPSA) is 38.3 Å². The number of carbonyl (C=O) groups excluding carboxylic acids is 1. The highest BCUT2D eigenvalue weighted by atomic mass is 19.1. The highest BCUT2D eigenvalue weighted by molar-refractivity contribution is 5.98. The molecule has 1 atom stereocenters. The molecule has 3 nitrogen and oxygen atoms in total. The fraction of sp³-hybridized carbons (Fsp3) is 0.286. The van der Waals surface area contributed by atoms with E-state index in [1.165, 1.54) is 12.1 Å². The second kappa shape index (κ2) is 6.71. The Balaban J connectivity index is 2.21. The molecule has 0 fully saturated rings. The molecule has 4 heteroatoms. The maximum absolute atomic E-state index is 13.4. The van der Waals surface area contributed by atoms with E-state index < -0.39 is 5.54 Å². The average Bonchev–Trinajstić information content (AvgIpc) is 2.61. The molecule has 3 rings (SSSR count). The number of anilines is 1. The van der Waals surface area contributed by atoms with Crippen molar-refractivity contribution >= 4 is 17.2 Å². The number of halogens is 1. The van der Waals surface area contributed by atoms with Crippen molar-refractivity contribution in [2.24, 2.45) is 5.92 Å². The maximum atomic E-state index is 13.4. The standard InChI is InChI=1S/C21H22FNO2/c1-4-25-20(24)21(14(2)3)13-18(15-9-11-16(22)12-10-15)17-7-5-6-8-19(17)23-21/h5-14,23H,4H2,1-3H3. The third-order valence-electron chi connectivity index (χ3n) is 4.61. The number of fused-ring (bicyclic) bond motifs is 1. The van der Waals surface area contributed by atoms with Crippen LogP contribution in [0.2, 0.25) is 0 Å². The molecule has 0 spiro atoms. The van der Waals surface area contributed by atoms with Crippen LogP contribution in [0.1, 0.15) is 31.9 Å². The Morgan fingerprint density at radius 2 is 1.84 bits per heavy atom. The van der Waals surface area contributed by atoms with Gasteiger partial charge in [-0.15, -0.1) is 0 Å². The van der Waals surface area contributed by atoms with Crippen molar-refractivity contribution in [3.8, 4) is 0 Å². The average molecular weight is 339 g/mol. The minimum Gasteiger partial charge on any atom is -0.464 e. The van der Waals surface area contributed by atoms with E-state index in [0.29, 0.717) is 6.61 Å². The van der Waals surface area contributed by atoms with Crippen LogP contribution in [0.15, 0.2) is 54.6 Å². The minimum absolute atomic E-state index is 0.0321. The molecule has 1 aliphatic rings. The SMILES string of the molecule is CCOC(=O)C1(C(C)C)C=C(c2ccc(F)cc2)c2ccccc2N1. The third kappa shape index (κ3) is 3.04. The summed E-state index contributed by atoms with van der Waals surface area (Å²) in [6, 6.07) is 14.2. The van der Waals surface area contributed by atoms with Gasteiger partial charge >= 0.3 is 5.97 Å². The quantitative estimate of drug-likeness (QED) is 0.825. The molecule has 0 saturated carbocycles. The molecule has 2 aromatic rings. The van der Waals surface area contributed by atoms with Crippen LogP contribution in [0, 0.1) is 11.7 Å². The monoisotopic (exact) mass is 339 g/mol. The van der Waals surface area contributed by atoms with Gasteiger partial charge in [0.05, 0.1) is 6.61 Å². The highest BCUT2D eigenvalue weighted by Gasteiger charge is 2.44. The van der Waals surface area contributed by atoms with Gasteiger partial charge in [0.15, 0.2) is 5.54 Å². The van der Waals surface area contributed by atoms with E-state index in [2.05, 4.69) is 5.32 Å². The second-order valence-electron chi connectivity index (χ2n) is 6.48. The summed E-state index contributed by atoms with van der Waals surface area (Å²) in [5.41, 5.74) is 2.65. The Hall–Kier alpha value is -2.62. The van der Waals surface area contributed by atoms with Crippen LogP contribution in [0.4, 0.5) is 10.1 Å². The van der Waals surface area contributed by atoms with Crippen molar-refractivity contribution in [2.45, 2.75) is 26.3 Å². The van der Waals surface area contributed by atoms with Gasteiger partial charge in [-0.1, -0.05) is 44.2 Å². The molecule has 1 N–H and O–H groups in total. The molecular weight excluding hydrogens is 317 g/mol. The van der Waals surface area contributed by atoms with Crippen molar-refractivity contribution in [1.82, 2.24) is 0 Å². The van der Waals surface area contributed by atoms with Gasteiger partial charge in [-0.25, -0.2) is 9.18 Å². The summed E-state index contributed by atoms with van der Waals surface area (Å²) in [5.74, 6) is -0.624. The van der Waals surface area contributed by atoms with Gasteiger partial charge in [0.1, 0.15) is 5.82 Å². The zero-order chi connectivity index (χ0) is 18.0. The lowest BCUT2D eigenvalue weighted by Crippen LogP contribution is -2.52. The van der Waals surface area contributed by atoms with Crippen molar-refractivity contribution < 1.29 is 13.9 Å². The number of hydrogen-bond donors (Lipinski definition) is 1. The van der Waals surface area contributed by atoms with Gasteiger partial charge < -0.3 is 10.1 Å². The molecule has 1 unspecified atom stereocenters. The van der Waals surface area contributed by atoms with E-state index in [-0.39, 0.29) is 17.7 Å². The van der Waals surface area contributed by atoms with Crippen LogP contribution < -0.4 is 5.32 Å². The van der Waals surface area contributed by atoms with Gasteiger partial charge in [-0.2, -0.15) is 0 Å². The molecule has 0 aromatic heterocycles. The number of carbonyl (C=O) groups is 1. The van der Waals surface area contributed by atoms with Crippen molar-refractivity contribution in [1.29, 1.82) is 0 Å². The maximum Gasteiger partial charge on any atom is 0.336 e. The molecule has 0 bridgehead atoms. The second-order valence-corrected chi connectivity index (χ2v) is 6.48. The third-order valence-corrected chi connectivity index (χ3v) is 4.61. The Morgan fingerprint density at radius 3 is 2.48 bits per heavy atom. The number of benzene rings is 2. The summed E-state index contributed by atoms with van der Waals surface area (Å²) in [5, 5.41) is 3.38. The fourth-order valence-corrected chi connectivity index (χ4v) is 3.17. The van der Waals surface area contributed by atoms with Gasteiger partial charge in [-0.3, -0.25) is 0 Å². The number of esters is 1. The first-order valence-corrected chi connectivity index (χ1v) is 8.51. The predicted octanol–water partition coefficient (Wildman–Crippen LogP) is 4.64. The van der Waals surface area contributed by atoms with Crippen LogP contribution >= 0.6 is 0 Å². The van der Waals surface area contributed by atoms with Crippen LogP contribution in [-0.4, -0.2) is 18.1 Å². The normalized spacial score (nSPS) is 19.0. The van der Waals surface area contributed by atoms with E-state index in [0.717, 1.165) is 22.4 Å². The largest absolute Gasteiger partial charge is 0.464 e. The summed E-state index contributed by atoms with van der Waals surface area (Å²) in [4.78, 5) is 12.8. The molecule has 0 saturated heterocycles. The Bertz CT molecular complexity index is 811. The zero-order valence-electron chi connectivity index (χ0n) is 14.7. The van der Waals surface area contributed by atoms with Crippen molar-refractivity contribution in [2.75, 3.05) is 11.9 Å². The smallest absolute Gasteiger partial charge is 0.336 e. The van der Waals surface area contributed by atoms with E-state index in [1.54, 1.807) is 19.1 Å². The number of ether oxygens (including phenoxy) is 1. The lowest BCUT2D eigenvalue weighted by atomic mass is 9.78. The summed E-state index contributed by atoms with van der Waals surface area (Å²) in [6.45, 7) is 6.08. The van der Waals surface area contributed by atoms with Gasteiger partial charge in [0, 0.05) is 11.3 Å². The van der Waals surface area contributed by atoms with Crippen LogP contribution in [0.5, 0.6) is 0 Å².